The predicted molar refractivity (Wildman–Crippen MR) is 138 cm³/mol. The van der Waals surface area contributed by atoms with Gasteiger partial charge in [-0.1, -0.05) is 30.3 Å². The Morgan fingerprint density at radius 1 is 1.03 bits per heavy atom. The number of hydrogen-bond donors (Lipinski definition) is 2. The fraction of sp³-hybridized carbons (Fsp3) is 0.214. The number of nitrogens with one attached hydrogen (secondary N) is 1. The van der Waals surface area contributed by atoms with Gasteiger partial charge in [-0.2, -0.15) is 13.2 Å². The number of allylic oxidation sites excluding steroid dienone is 1. The van der Waals surface area contributed by atoms with E-state index < -0.39 is 5.51 Å². The van der Waals surface area contributed by atoms with E-state index in [-0.39, 0.29) is 33.7 Å². The number of anilines is 1. The topological polar surface area (TPSA) is 50.7 Å². The molecule has 0 aliphatic carbocycles. The van der Waals surface area contributed by atoms with E-state index in [1.165, 1.54) is 19.2 Å². The van der Waals surface area contributed by atoms with Crippen LogP contribution in [-0.4, -0.2) is 23.3 Å². The summed E-state index contributed by atoms with van der Waals surface area (Å²) in [7, 11) is 1.47. The van der Waals surface area contributed by atoms with Gasteiger partial charge in [-0.05, 0) is 74.0 Å². The molecule has 36 heavy (non-hydrogen) atoms. The maximum atomic E-state index is 13.3. The van der Waals surface area contributed by atoms with Gasteiger partial charge in [-0.3, -0.25) is 0 Å². The van der Waals surface area contributed by atoms with Crippen molar-refractivity contribution in [2.24, 2.45) is 0 Å². The lowest BCUT2D eigenvalue weighted by molar-refractivity contribution is -0.0328. The summed E-state index contributed by atoms with van der Waals surface area (Å²) in [5, 5.41) is 14.0. The Balaban J connectivity index is 1.80. The first-order chi connectivity index (χ1) is 17.0. The van der Waals surface area contributed by atoms with Crippen LogP contribution in [0.3, 0.4) is 0 Å². The molecule has 5 rings (SSSR count). The number of ether oxygens (including phenoxy) is 2. The summed E-state index contributed by atoms with van der Waals surface area (Å²) in [5.74, 6) is 1.09. The highest BCUT2D eigenvalue weighted by molar-refractivity contribution is 8.00. The van der Waals surface area contributed by atoms with E-state index in [2.05, 4.69) is 25.2 Å². The van der Waals surface area contributed by atoms with E-state index in [1.54, 1.807) is 30.3 Å². The van der Waals surface area contributed by atoms with Gasteiger partial charge in [0.15, 0.2) is 11.5 Å². The lowest BCUT2D eigenvalue weighted by Crippen LogP contribution is -2.32. The zero-order valence-electron chi connectivity index (χ0n) is 20.1. The fourth-order valence-electron chi connectivity index (χ4n) is 4.91. The van der Waals surface area contributed by atoms with E-state index in [1.807, 2.05) is 19.1 Å². The molecule has 0 atom stereocenters. The van der Waals surface area contributed by atoms with Crippen molar-refractivity contribution in [2.45, 2.75) is 36.7 Å². The number of phenolic OH excluding ortho intramolecular Hbond substituents is 1. The molecule has 0 radical (unpaired) electrons. The summed E-state index contributed by atoms with van der Waals surface area (Å²) in [6.07, 6.45) is 3.75. The minimum atomic E-state index is -4.43. The van der Waals surface area contributed by atoms with Crippen LogP contribution in [0.2, 0.25) is 0 Å². The number of aromatic hydroxyl groups is 1. The minimum absolute atomic E-state index is 0.0330. The van der Waals surface area contributed by atoms with Crippen LogP contribution in [0.25, 0.3) is 28.5 Å². The molecule has 3 aromatic carbocycles. The quantitative estimate of drug-likeness (QED) is 0.347. The molecule has 2 N–H and O–H groups in total. The maximum Gasteiger partial charge on any atom is 0.446 e. The van der Waals surface area contributed by atoms with Crippen molar-refractivity contribution in [1.82, 2.24) is 0 Å². The summed E-state index contributed by atoms with van der Waals surface area (Å²) in [4.78, 5) is 0.0769. The molecule has 0 spiro atoms. The van der Waals surface area contributed by atoms with Gasteiger partial charge in [-0.25, -0.2) is 0 Å². The van der Waals surface area contributed by atoms with Crippen LogP contribution in [0, 0.1) is 0 Å². The minimum Gasteiger partial charge on any atom is -0.504 e. The van der Waals surface area contributed by atoms with Crippen LogP contribution in [0.5, 0.6) is 17.2 Å². The first-order valence-electron chi connectivity index (χ1n) is 11.3. The van der Waals surface area contributed by atoms with Crippen LogP contribution < -0.4 is 14.8 Å². The Morgan fingerprint density at radius 3 is 2.50 bits per heavy atom. The molecule has 0 unspecified atom stereocenters. The SMILES string of the molecule is COc1c(O)ccc2c1-c1ccc3c(c1/C(=C/c1ccccc1SC(F)(F)F)O2)C(C)=CC(C)(C)N3. The Bertz CT molecular complexity index is 1440. The number of phenols is 1. The number of thioether (sulfide) groups is 1. The predicted octanol–water partition coefficient (Wildman–Crippen LogP) is 8.18. The second-order valence-corrected chi connectivity index (χ2v) is 10.4. The van der Waals surface area contributed by atoms with Crippen LogP contribution in [0.15, 0.2) is 59.5 Å². The summed E-state index contributed by atoms with van der Waals surface area (Å²) in [6, 6.07) is 13.3. The van der Waals surface area contributed by atoms with E-state index in [0.29, 0.717) is 28.2 Å². The average molecular weight is 512 g/mol. The molecule has 0 aromatic heterocycles. The number of rotatable bonds is 3. The molecule has 0 amide bonds. The van der Waals surface area contributed by atoms with Crippen molar-refractivity contribution in [3.8, 4) is 28.4 Å². The number of methoxy groups -OCH3 is 1. The zero-order chi connectivity index (χ0) is 25.8. The van der Waals surface area contributed by atoms with Crippen molar-refractivity contribution in [3.63, 3.8) is 0 Å². The second-order valence-electron chi connectivity index (χ2n) is 9.27. The molecule has 3 aromatic rings. The molecule has 4 nitrogen and oxygen atoms in total. The van der Waals surface area contributed by atoms with Gasteiger partial charge in [0.2, 0.25) is 0 Å². The molecule has 0 fully saturated rings. The van der Waals surface area contributed by atoms with Crippen LogP contribution >= 0.6 is 11.8 Å². The van der Waals surface area contributed by atoms with E-state index in [9.17, 15) is 18.3 Å². The van der Waals surface area contributed by atoms with Crippen LogP contribution in [0.1, 0.15) is 37.5 Å². The number of alkyl halides is 3. The van der Waals surface area contributed by atoms with E-state index >= 15 is 0 Å². The monoisotopic (exact) mass is 511 g/mol. The number of benzene rings is 3. The first kappa shape index (κ1) is 24.2. The largest absolute Gasteiger partial charge is 0.504 e. The third-order valence-corrected chi connectivity index (χ3v) is 6.93. The maximum absolute atomic E-state index is 13.3. The van der Waals surface area contributed by atoms with Crippen molar-refractivity contribution >= 4 is 34.9 Å². The van der Waals surface area contributed by atoms with Crippen molar-refractivity contribution in [3.05, 3.63) is 71.3 Å². The average Bonchev–Trinajstić information content (AvgIpc) is 2.78. The van der Waals surface area contributed by atoms with Gasteiger partial charge in [0, 0.05) is 27.3 Å². The third-order valence-electron chi connectivity index (χ3n) is 6.10. The van der Waals surface area contributed by atoms with Gasteiger partial charge >= 0.3 is 5.51 Å². The van der Waals surface area contributed by atoms with Gasteiger partial charge in [-0.15, -0.1) is 0 Å². The molecular formula is C28H24F3NO3S. The zero-order valence-corrected chi connectivity index (χ0v) is 20.9. The summed E-state index contributed by atoms with van der Waals surface area (Å²) in [5.41, 5.74) is 0.502. The van der Waals surface area contributed by atoms with Crippen molar-refractivity contribution in [1.29, 1.82) is 0 Å². The molecule has 186 valence electrons. The Labute approximate surface area is 211 Å². The van der Waals surface area contributed by atoms with Crippen LogP contribution in [-0.2, 0) is 0 Å². The van der Waals surface area contributed by atoms with Gasteiger partial charge < -0.3 is 19.9 Å². The second kappa shape index (κ2) is 8.55. The summed E-state index contributed by atoms with van der Waals surface area (Å²) in [6.45, 7) is 6.13. The normalized spacial score (nSPS) is 16.8. The third kappa shape index (κ3) is 4.30. The summed E-state index contributed by atoms with van der Waals surface area (Å²) >= 11 is -0.157. The number of halogens is 3. The van der Waals surface area contributed by atoms with Crippen molar-refractivity contribution < 1.29 is 27.8 Å². The van der Waals surface area contributed by atoms with Crippen molar-refractivity contribution in [2.75, 3.05) is 12.4 Å². The molecule has 0 saturated carbocycles. The molecular weight excluding hydrogens is 487 g/mol. The smallest absolute Gasteiger partial charge is 0.446 e. The first-order valence-corrected chi connectivity index (χ1v) is 12.1. The molecule has 8 heteroatoms. The number of hydrogen-bond acceptors (Lipinski definition) is 5. The Kier molecular flexibility index (Phi) is 5.75. The van der Waals surface area contributed by atoms with E-state index in [0.717, 1.165) is 22.4 Å². The van der Waals surface area contributed by atoms with Gasteiger partial charge in [0.05, 0.1) is 18.2 Å². The van der Waals surface area contributed by atoms with Gasteiger partial charge in [0.1, 0.15) is 11.5 Å². The van der Waals surface area contributed by atoms with Crippen LogP contribution in [0.4, 0.5) is 18.9 Å². The standard InChI is InChI=1S/C28H24F3NO3S/c1-15-14-27(2,3)32-18-10-9-17-24(23(15)18)21(35-20-12-11-19(33)26(34-4)25(17)20)13-16-7-5-6-8-22(16)36-28(29,30)31/h5-14,32-33H,1-4H3/b21-13-. The number of fused-ring (bicyclic) bond motifs is 5. The van der Waals surface area contributed by atoms with E-state index in [4.69, 9.17) is 9.47 Å². The summed E-state index contributed by atoms with van der Waals surface area (Å²) < 4.78 is 51.7. The highest BCUT2D eigenvalue weighted by Crippen LogP contribution is 2.54. The fourth-order valence-corrected chi connectivity index (χ4v) is 5.55. The van der Waals surface area contributed by atoms with Gasteiger partial charge in [0.25, 0.3) is 0 Å². The molecule has 2 aliphatic heterocycles. The highest BCUT2D eigenvalue weighted by Gasteiger charge is 2.34. The highest BCUT2D eigenvalue weighted by atomic mass is 32.2. The molecule has 2 heterocycles. The molecule has 2 aliphatic rings. The Hall–Kier alpha value is -3.52. The molecule has 0 saturated heterocycles. The molecule has 0 bridgehead atoms. The lowest BCUT2D eigenvalue weighted by Gasteiger charge is -2.35. The Morgan fingerprint density at radius 2 is 1.78 bits per heavy atom. The lowest BCUT2D eigenvalue weighted by atomic mass is 9.83.